The van der Waals surface area contributed by atoms with Crippen molar-refractivity contribution in [1.29, 1.82) is 0 Å². The van der Waals surface area contributed by atoms with Crippen LogP contribution in [0, 0.1) is 11.6 Å². The van der Waals surface area contributed by atoms with E-state index < -0.39 is 0 Å². The molecule has 3 nitrogen and oxygen atoms in total. The zero-order valence-corrected chi connectivity index (χ0v) is 18.1. The number of aromatic nitrogens is 2. The zero-order chi connectivity index (χ0) is 22.5. The van der Waals surface area contributed by atoms with E-state index in [4.69, 9.17) is 9.72 Å². The first-order valence-corrected chi connectivity index (χ1v) is 10.5. The van der Waals surface area contributed by atoms with Gasteiger partial charge in [-0.2, -0.15) is 0 Å². The first-order valence-electron chi connectivity index (χ1n) is 10.5. The summed E-state index contributed by atoms with van der Waals surface area (Å²) >= 11 is 0. The number of nitrogens with zero attached hydrogens (tertiary/aromatic N) is 2. The second-order valence-corrected chi connectivity index (χ2v) is 7.94. The van der Waals surface area contributed by atoms with Gasteiger partial charge in [0, 0.05) is 29.2 Å². The molecule has 0 aliphatic carbocycles. The molecule has 0 bridgehead atoms. The van der Waals surface area contributed by atoms with Gasteiger partial charge in [-0.1, -0.05) is 26.0 Å². The standard InChI is InChI=1S/C27H24F2N2O/c1-18(2)27-25(17-32-16-19-11-13-30-14-12-19)24(20-3-7-22(28)8-4-20)15-26(31-27)21-5-9-23(29)10-6-21/h3-15,18H,16-17H2,1-2H3. The van der Waals surface area contributed by atoms with Gasteiger partial charge in [0.15, 0.2) is 0 Å². The summed E-state index contributed by atoms with van der Waals surface area (Å²) in [5.74, 6) is -0.451. The highest BCUT2D eigenvalue weighted by atomic mass is 19.1. The van der Waals surface area contributed by atoms with Crippen LogP contribution < -0.4 is 0 Å². The van der Waals surface area contributed by atoms with Crippen molar-refractivity contribution < 1.29 is 13.5 Å². The predicted molar refractivity (Wildman–Crippen MR) is 122 cm³/mol. The fourth-order valence-electron chi connectivity index (χ4n) is 3.63. The Balaban J connectivity index is 1.78. The molecule has 0 radical (unpaired) electrons. The molecule has 0 aliphatic rings. The molecule has 0 atom stereocenters. The lowest BCUT2D eigenvalue weighted by Gasteiger charge is -2.19. The minimum absolute atomic E-state index is 0.133. The van der Waals surface area contributed by atoms with E-state index in [0.717, 1.165) is 39.2 Å². The highest BCUT2D eigenvalue weighted by Crippen LogP contribution is 2.34. The van der Waals surface area contributed by atoms with Gasteiger partial charge in [0.2, 0.25) is 0 Å². The molecule has 0 spiro atoms. The Bertz CT molecular complexity index is 1170. The molecule has 2 aromatic heterocycles. The molecule has 4 rings (SSSR count). The molecule has 0 saturated heterocycles. The van der Waals surface area contributed by atoms with Gasteiger partial charge in [0.05, 0.1) is 18.9 Å². The van der Waals surface area contributed by atoms with E-state index in [1.54, 1.807) is 36.7 Å². The SMILES string of the molecule is CC(C)c1nc(-c2ccc(F)cc2)cc(-c2ccc(F)cc2)c1COCc1ccncc1. The van der Waals surface area contributed by atoms with Gasteiger partial charge in [-0.15, -0.1) is 0 Å². The largest absolute Gasteiger partial charge is 0.372 e. The predicted octanol–water partition coefficient (Wildman–Crippen LogP) is 6.93. The van der Waals surface area contributed by atoms with Gasteiger partial charge in [0.1, 0.15) is 11.6 Å². The molecule has 5 heteroatoms. The Hall–Kier alpha value is -3.44. The maximum absolute atomic E-state index is 13.6. The minimum Gasteiger partial charge on any atom is -0.372 e. The highest BCUT2D eigenvalue weighted by molar-refractivity contribution is 5.74. The van der Waals surface area contributed by atoms with Gasteiger partial charge in [-0.25, -0.2) is 8.78 Å². The van der Waals surface area contributed by atoms with Crippen molar-refractivity contribution in [2.45, 2.75) is 33.0 Å². The first kappa shape index (κ1) is 21.8. The van der Waals surface area contributed by atoms with E-state index in [1.807, 2.05) is 18.2 Å². The van der Waals surface area contributed by atoms with Gasteiger partial charge in [0.25, 0.3) is 0 Å². The van der Waals surface area contributed by atoms with E-state index in [2.05, 4.69) is 18.8 Å². The summed E-state index contributed by atoms with van der Waals surface area (Å²) in [6, 6.07) is 18.5. The smallest absolute Gasteiger partial charge is 0.123 e. The molecular weight excluding hydrogens is 406 g/mol. The Kier molecular flexibility index (Phi) is 6.66. The molecule has 0 unspecified atom stereocenters. The Labute approximate surface area is 186 Å². The lowest BCUT2D eigenvalue weighted by Crippen LogP contribution is -2.07. The summed E-state index contributed by atoms with van der Waals surface area (Å²) in [7, 11) is 0. The number of hydrogen-bond acceptors (Lipinski definition) is 3. The molecular formula is C27H24F2N2O. The molecule has 0 aliphatic heterocycles. The summed E-state index contributed by atoms with van der Waals surface area (Å²) in [5.41, 5.74) is 6.27. The van der Waals surface area contributed by atoms with Gasteiger partial charge in [-0.3, -0.25) is 9.97 Å². The summed E-state index contributed by atoms with van der Waals surface area (Å²) in [5, 5.41) is 0. The quantitative estimate of drug-likeness (QED) is 0.319. The molecule has 2 heterocycles. The monoisotopic (exact) mass is 430 g/mol. The summed E-state index contributed by atoms with van der Waals surface area (Å²) < 4.78 is 33.1. The molecule has 0 fully saturated rings. The first-order chi connectivity index (χ1) is 15.5. The summed E-state index contributed by atoms with van der Waals surface area (Å²) in [6.45, 7) is 4.97. The molecule has 0 saturated carbocycles. The Morgan fingerprint density at radius 3 is 1.97 bits per heavy atom. The fourth-order valence-corrected chi connectivity index (χ4v) is 3.63. The van der Waals surface area contributed by atoms with Gasteiger partial charge >= 0.3 is 0 Å². The number of halogens is 2. The average Bonchev–Trinajstić information content (AvgIpc) is 2.80. The number of hydrogen-bond donors (Lipinski definition) is 0. The van der Waals surface area contributed by atoms with Crippen molar-refractivity contribution in [3.05, 3.63) is 108 Å². The Morgan fingerprint density at radius 2 is 1.38 bits per heavy atom. The van der Waals surface area contributed by atoms with Crippen LogP contribution in [-0.2, 0) is 18.0 Å². The molecule has 162 valence electrons. The maximum atomic E-state index is 13.6. The van der Waals surface area contributed by atoms with Gasteiger partial charge in [-0.05, 0) is 77.2 Å². The molecule has 2 aromatic carbocycles. The van der Waals surface area contributed by atoms with E-state index in [9.17, 15) is 8.78 Å². The molecule has 0 N–H and O–H groups in total. The number of pyridine rings is 2. The average molecular weight is 430 g/mol. The Morgan fingerprint density at radius 1 is 0.781 bits per heavy atom. The third-order valence-corrected chi connectivity index (χ3v) is 5.26. The third-order valence-electron chi connectivity index (χ3n) is 5.26. The number of ether oxygens (including phenoxy) is 1. The van der Waals surface area contributed by atoms with E-state index >= 15 is 0 Å². The van der Waals surface area contributed by atoms with Crippen LogP contribution in [-0.4, -0.2) is 9.97 Å². The topological polar surface area (TPSA) is 35.0 Å². The van der Waals surface area contributed by atoms with Crippen molar-refractivity contribution in [2.75, 3.05) is 0 Å². The van der Waals surface area contributed by atoms with Crippen LogP contribution in [0.25, 0.3) is 22.4 Å². The van der Waals surface area contributed by atoms with Crippen molar-refractivity contribution in [2.24, 2.45) is 0 Å². The van der Waals surface area contributed by atoms with Crippen LogP contribution >= 0.6 is 0 Å². The van der Waals surface area contributed by atoms with Crippen molar-refractivity contribution in [3.63, 3.8) is 0 Å². The second kappa shape index (κ2) is 9.79. The van der Waals surface area contributed by atoms with Crippen molar-refractivity contribution >= 4 is 0 Å². The van der Waals surface area contributed by atoms with Crippen molar-refractivity contribution in [1.82, 2.24) is 9.97 Å². The zero-order valence-electron chi connectivity index (χ0n) is 18.1. The van der Waals surface area contributed by atoms with Crippen LogP contribution in [0.5, 0.6) is 0 Å². The van der Waals surface area contributed by atoms with Crippen LogP contribution in [0.1, 0.15) is 36.6 Å². The molecule has 32 heavy (non-hydrogen) atoms. The van der Waals surface area contributed by atoms with Crippen LogP contribution in [0.3, 0.4) is 0 Å². The van der Waals surface area contributed by atoms with E-state index in [-0.39, 0.29) is 17.6 Å². The highest BCUT2D eigenvalue weighted by Gasteiger charge is 2.18. The fraction of sp³-hybridized carbons (Fsp3) is 0.185. The van der Waals surface area contributed by atoms with Gasteiger partial charge < -0.3 is 4.74 Å². The van der Waals surface area contributed by atoms with Crippen LogP contribution in [0.15, 0.2) is 79.1 Å². The van der Waals surface area contributed by atoms with E-state index in [1.165, 1.54) is 24.3 Å². The maximum Gasteiger partial charge on any atom is 0.123 e. The van der Waals surface area contributed by atoms with Crippen LogP contribution in [0.2, 0.25) is 0 Å². The molecule has 0 amide bonds. The van der Waals surface area contributed by atoms with Crippen LogP contribution in [0.4, 0.5) is 8.78 Å². The second-order valence-electron chi connectivity index (χ2n) is 7.94. The normalized spacial score (nSPS) is 11.2. The number of benzene rings is 2. The molecule has 4 aromatic rings. The van der Waals surface area contributed by atoms with Crippen molar-refractivity contribution in [3.8, 4) is 22.4 Å². The summed E-state index contributed by atoms with van der Waals surface area (Å²) in [6.07, 6.45) is 3.47. The summed E-state index contributed by atoms with van der Waals surface area (Å²) in [4.78, 5) is 8.95. The lowest BCUT2D eigenvalue weighted by atomic mass is 9.93. The lowest BCUT2D eigenvalue weighted by molar-refractivity contribution is 0.106. The van der Waals surface area contributed by atoms with E-state index in [0.29, 0.717) is 13.2 Å². The third kappa shape index (κ3) is 5.06. The number of rotatable bonds is 7. The minimum atomic E-state index is -0.294.